The van der Waals surface area contributed by atoms with Crippen LogP contribution < -0.4 is 5.32 Å². The molecule has 0 bridgehead atoms. The molecule has 4 nitrogen and oxygen atoms in total. The van der Waals surface area contributed by atoms with Crippen molar-refractivity contribution in [2.45, 2.75) is 32.7 Å². The Bertz CT molecular complexity index is 449. The highest BCUT2D eigenvalue weighted by Crippen LogP contribution is 2.14. The molecule has 0 saturated heterocycles. The van der Waals surface area contributed by atoms with Crippen LogP contribution in [0.1, 0.15) is 32.3 Å². The maximum atomic E-state index is 12.2. The molecule has 4 heteroatoms. The summed E-state index contributed by atoms with van der Waals surface area (Å²) in [6.45, 7) is 8.87. The van der Waals surface area contributed by atoms with E-state index >= 15 is 0 Å². The molecule has 1 aromatic carbocycles. The van der Waals surface area contributed by atoms with Gasteiger partial charge in [0.25, 0.3) is 0 Å². The van der Waals surface area contributed by atoms with E-state index < -0.39 is 5.92 Å². The fourth-order valence-corrected chi connectivity index (χ4v) is 2.17. The van der Waals surface area contributed by atoms with Gasteiger partial charge in [0.15, 0.2) is 0 Å². The molecule has 108 valence electrons. The van der Waals surface area contributed by atoms with Crippen LogP contribution in [0.25, 0.3) is 0 Å². The molecule has 1 N–H and O–H groups in total. The third kappa shape index (κ3) is 4.67. The van der Waals surface area contributed by atoms with E-state index in [1.54, 1.807) is 0 Å². The van der Waals surface area contributed by atoms with Crippen molar-refractivity contribution in [3.8, 4) is 6.07 Å². The Kier molecular flexibility index (Phi) is 6.75. The summed E-state index contributed by atoms with van der Waals surface area (Å²) in [5.74, 6) is -0.964. The van der Waals surface area contributed by atoms with Gasteiger partial charge in [-0.3, -0.25) is 4.79 Å². The summed E-state index contributed by atoms with van der Waals surface area (Å²) in [5, 5.41) is 12.1. The first-order chi connectivity index (χ1) is 9.62. The minimum absolute atomic E-state index is 0.0296. The number of hydrogen-bond donors (Lipinski definition) is 1. The van der Waals surface area contributed by atoms with E-state index in [4.69, 9.17) is 0 Å². The summed E-state index contributed by atoms with van der Waals surface area (Å²) in [6.07, 6.45) is 0. The first-order valence-corrected chi connectivity index (χ1v) is 7.09. The third-order valence-electron chi connectivity index (χ3n) is 3.34. The number of carbonyl (C=O) groups is 1. The molecule has 2 unspecified atom stereocenters. The Morgan fingerprint density at radius 1 is 1.30 bits per heavy atom. The molecule has 0 aliphatic rings. The minimum atomic E-state index is -0.740. The second kappa shape index (κ2) is 8.34. The zero-order chi connectivity index (χ0) is 15.0. The van der Waals surface area contributed by atoms with Crippen molar-refractivity contribution in [3.63, 3.8) is 0 Å². The minimum Gasteiger partial charge on any atom is -0.351 e. The molecule has 0 aliphatic carbocycles. The largest absolute Gasteiger partial charge is 0.351 e. The van der Waals surface area contributed by atoms with Crippen LogP contribution >= 0.6 is 0 Å². The highest BCUT2D eigenvalue weighted by atomic mass is 16.1. The van der Waals surface area contributed by atoms with Crippen LogP contribution in [0.5, 0.6) is 0 Å². The number of amides is 1. The van der Waals surface area contributed by atoms with Crippen molar-refractivity contribution >= 4 is 5.91 Å². The van der Waals surface area contributed by atoms with Gasteiger partial charge < -0.3 is 10.2 Å². The molecule has 2 atom stereocenters. The first kappa shape index (κ1) is 16.2. The summed E-state index contributed by atoms with van der Waals surface area (Å²) in [7, 11) is 0. The Morgan fingerprint density at radius 3 is 2.40 bits per heavy atom. The summed E-state index contributed by atoms with van der Waals surface area (Å²) in [5.41, 5.74) is 0.738. The van der Waals surface area contributed by atoms with Crippen molar-refractivity contribution in [1.29, 1.82) is 5.26 Å². The molecule has 0 radical (unpaired) electrons. The SMILES string of the molecule is CCN(CC)CC(C)NC(=O)C(C#N)c1ccccc1. The Hall–Kier alpha value is -1.86. The molecule has 0 saturated carbocycles. The van der Waals surface area contributed by atoms with Crippen molar-refractivity contribution < 1.29 is 4.79 Å². The van der Waals surface area contributed by atoms with E-state index in [0.717, 1.165) is 25.2 Å². The van der Waals surface area contributed by atoms with Crippen LogP contribution in [0.15, 0.2) is 30.3 Å². The summed E-state index contributed by atoms with van der Waals surface area (Å²) in [6, 6.07) is 11.3. The zero-order valence-corrected chi connectivity index (χ0v) is 12.5. The fourth-order valence-electron chi connectivity index (χ4n) is 2.17. The first-order valence-electron chi connectivity index (χ1n) is 7.09. The van der Waals surface area contributed by atoms with Crippen LogP contribution in [-0.2, 0) is 4.79 Å². The van der Waals surface area contributed by atoms with Gasteiger partial charge in [-0.2, -0.15) is 5.26 Å². The molecule has 0 aliphatic heterocycles. The molecular weight excluding hydrogens is 250 g/mol. The van der Waals surface area contributed by atoms with E-state index in [-0.39, 0.29) is 11.9 Å². The lowest BCUT2D eigenvalue weighted by Crippen LogP contribution is -2.43. The van der Waals surface area contributed by atoms with Gasteiger partial charge in [-0.1, -0.05) is 44.2 Å². The monoisotopic (exact) mass is 273 g/mol. The average molecular weight is 273 g/mol. The van der Waals surface area contributed by atoms with Gasteiger partial charge in [0.2, 0.25) is 5.91 Å². The molecular formula is C16H23N3O. The molecule has 1 rings (SSSR count). The highest BCUT2D eigenvalue weighted by Gasteiger charge is 2.21. The van der Waals surface area contributed by atoms with E-state index in [9.17, 15) is 10.1 Å². The maximum Gasteiger partial charge on any atom is 0.242 e. The zero-order valence-electron chi connectivity index (χ0n) is 12.5. The fraction of sp³-hybridized carbons (Fsp3) is 0.500. The standard InChI is InChI=1S/C16H23N3O/c1-4-19(5-2)12-13(3)18-16(20)15(11-17)14-9-7-6-8-10-14/h6-10,13,15H,4-5,12H2,1-3H3,(H,18,20). The number of carbonyl (C=O) groups excluding carboxylic acids is 1. The van der Waals surface area contributed by atoms with Gasteiger partial charge in [0.05, 0.1) is 6.07 Å². The average Bonchev–Trinajstić information content (AvgIpc) is 2.46. The predicted octanol–water partition coefficient (Wildman–Crippen LogP) is 2.14. The van der Waals surface area contributed by atoms with Gasteiger partial charge in [0.1, 0.15) is 5.92 Å². The molecule has 0 fully saturated rings. The second-order valence-electron chi connectivity index (χ2n) is 4.87. The normalized spacial score (nSPS) is 13.6. The van der Waals surface area contributed by atoms with Crippen LogP contribution in [-0.4, -0.2) is 36.5 Å². The molecule has 20 heavy (non-hydrogen) atoms. The van der Waals surface area contributed by atoms with E-state index in [1.165, 1.54) is 0 Å². The van der Waals surface area contributed by atoms with Gasteiger partial charge in [0, 0.05) is 12.6 Å². The Balaban J connectivity index is 2.63. The van der Waals surface area contributed by atoms with E-state index in [1.807, 2.05) is 37.3 Å². The maximum absolute atomic E-state index is 12.2. The van der Waals surface area contributed by atoms with Crippen molar-refractivity contribution in [3.05, 3.63) is 35.9 Å². The van der Waals surface area contributed by atoms with Crippen LogP contribution in [0, 0.1) is 11.3 Å². The lowest BCUT2D eigenvalue weighted by molar-refractivity contribution is -0.122. The van der Waals surface area contributed by atoms with Crippen molar-refractivity contribution in [2.75, 3.05) is 19.6 Å². The predicted molar refractivity (Wildman–Crippen MR) is 80.2 cm³/mol. The number of nitriles is 1. The summed E-state index contributed by atoms with van der Waals surface area (Å²) >= 11 is 0. The molecule has 1 amide bonds. The topological polar surface area (TPSA) is 56.1 Å². The van der Waals surface area contributed by atoms with Crippen LogP contribution in [0.3, 0.4) is 0 Å². The molecule has 1 aromatic rings. The van der Waals surface area contributed by atoms with Crippen LogP contribution in [0.2, 0.25) is 0 Å². The number of hydrogen-bond acceptors (Lipinski definition) is 3. The van der Waals surface area contributed by atoms with Crippen molar-refractivity contribution in [1.82, 2.24) is 10.2 Å². The summed E-state index contributed by atoms with van der Waals surface area (Å²) in [4.78, 5) is 14.4. The molecule has 0 aromatic heterocycles. The second-order valence-corrected chi connectivity index (χ2v) is 4.87. The van der Waals surface area contributed by atoms with Gasteiger partial charge >= 0.3 is 0 Å². The van der Waals surface area contributed by atoms with Gasteiger partial charge in [-0.15, -0.1) is 0 Å². The molecule has 0 spiro atoms. The van der Waals surface area contributed by atoms with E-state index in [0.29, 0.717) is 0 Å². The number of likely N-dealkylation sites (N-methyl/N-ethyl adjacent to an activating group) is 1. The van der Waals surface area contributed by atoms with Gasteiger partial charge in [-0.25, -0.2) is 0 Å². The highest BCUT2D eigenvalue weighted by molar-refractivity contribution is 5.86. The number of rotatable bonds is 7. The Labute approximate surface area is 121 Å². The van der Waals surface area contributed by atoms with Crippen LogP contribution in [0.4, 0.5) is 0 Å². The summed E-state index contributed by atoms with van der Waals surface area (Å²) < 4.78 is 0. The lowest BCUT2D eigenvalue weighted by atomic mass is 9.99. The smallest absolute Gasteiger partial charge is 0.242 e. The van der Waals surface area contributed by atoms with Crippen molar-refractivity contribution in [2.24, 2.45) is 0 Å². The number of nitrogens with one attached hydrogen (secondary N) is 1. The third-order valence-corrected chi connectivity index (χ3v) is 3.34. The lowest BCUT2D eigenvalue weighted by Gasteiger charge is -2.24. The number of nitrogens with zero attached hydrogens (tertiary/aromatic N) is 2. The Morgan fingerprint density at radius 2 is 1.90 bits per heavy atom. The quantitative estimate of drug-likeness (QED) is 0.828. The van der Waals surface area contributed by atoms with Gasteiger partial charge in [-0.05, 0) is 25.6 Å². The number of benzene rings is 1. The van der Waals surface area contributed by atoms with E-state index in [2.05, 4.69) is 30.1 Å². The molecule has 0 heterocycles.